The van der Waals surface area contributed by atoms with Crippen molar-refractivity contribution in [1.82, 2.24) is 0 Å². The van der Waals surface area contributed by atoms with E-state index in [-0.39, 0.29) is 5.91 Å². The molecule has 0 saturated heterocycles. The highest BCUT2D eigenvalue weighted by atomic mass is 35.5. The Morgan fingerprint density at radius 1 is 1.10 bits per heavy atom. The average Bonchev–Trinajstić information content (AvgIpc) is 2.90. The van der Waals surface area contributed by atoms with Crippen molar-refractivity contribution in [1.29, 1.82) is 0 Å². The molecule has 0 N–H and O–H groups in total. The van der Waals surface area contributed by atoms with Gasteiger partial charge in [-0.2, -0.15) is 0 Å². The predicted octanol–water partition coefficient (Wildman–Crippen LogP) is 2.73. The number of ether oxygens (including phenoxy) is 1. The number of carbonyl (C=O) groups is 2. The fraction of sp³-hybridized carbons (Fsp3) is 0.125. The number of halogens is 1. The summed E-state index contributed by atoms with van der Waals surface area (Å²) in [7, 11) is 1.67. The average molecular weight is 300 g/mol. The van der Waals surface area contributed by atoms with Crippen molar-refractivity contribution < 1.29 is 14.3 Å². The molecule has 5 heteroatoms. The summed E-state index contributed by atoms with van der Waals surface area (Å²) >= 11 is 6.07. The highest BCUT2D eigenvalue weighted by Crippen LogP contribution is 2.51. The van der Waals surface area contributed by atoms with Crippen LogP contribution in [0.15, 0.2) is 42.5 Å². The number of amides is 1. The van der Waals surface area contributed by atoms with Gasteiger partial charge in [-0.25, -0.2) is 4.79 Å². The Bertz CT molecular complexity index is 817. The lowest BCUT2D eigenvalue weighted by Gasteiger charge is -2.22. The maximum absolute atomic E-state index is 12.8. The molecule has 0 aliphatic carbocycles. The molecule has 0 saturated carbocycles. The van der Waals surface area contributed by atoms with Crippen molar-refractivity contribution >= 4 is 29.2 Å². The van der Waals surface area contributed by atoms with Crippen molar-refractivity contribution in [2.75, 3.05) is 11.9 Å². The van der Waals surface area contributed by atoms with Crippen LogP contribution >= 0.6 is 11.6 Å². The van der Waals surface area contributed by atoms with E-state index in [9.17, 15) is 9.59 Å². The number of nitrogens with zero attached hydrogens (tertiary/aromatic N) is 1. The minimum absolute atomic E-state index is 0.280. The molecule has 0 aromatic heterocycles. The van der Waals surface area contributed by atoms with Crippen LogP contribution in [0.1, 0.15) is 21.5 Å². The zero-order valence-corrected chi connectivity index (χ0v) is 11.8. The van der Waals surface area contributed by atoms with E-state index in [0.717, 1.165) is 0 Å². The molecule has 4 rings (SSSR count). The van der Waals surface area contributed by atoms with Crippen LogP contribution in [0.25, 0.3) is 0 Å². The fourth-order valence-corrected chi connectivity index (χ4v) is 3.29. The zero-order valence-electron chi connectivity index (χ0n) is 11.1. The monoisotopic (exact) mass is 299 g/mol. The smallest absolute Gasteiger partial charge is 0.340 e. The summed E-state index contributed by atoms with van der Waals surface area (Å²) < 4.78 is 5.56. The topological polar surface area (TPSA) is 46.6 Å². The molecular formula is C16H10ClNO3. The fourth-order valence-electron chi connectivity index (χ4n) is 3.12. The molecular weight excluding hydrogens is 290 g/mol. The number of carbonyl (C=O) groups excluding carboxylic acids is 2. The minimum atomic E-state index is -1.40. The third kappa shape index (κ3) is 1.35. The molecule has 4 nitrogen and oxygen atoms in total. The first-order valence-corrected chi connectivity index (χ1v) is 6.84. The molecule has 1 atom stereocenters. The number of rotatable bonds is 0. The SMILES string of the molecule is CN1C(=O)C2(OC(=O)c3ccccc32)c2cc(Cl)ccc21. The summed E-state index contributed by atoms with van der Waals surface area (Å²) in [6.45, 7) is 0. The van der Waals surface area contributed by atoms with Crippen molar-refractivity contribution in [2.45, 2.75) is 5.60 Å². The molecule has 2 heterocycles. The van der Waals surface area contributed by atoms with E-state index in [0.29, 0.717) is 27.4 Å². The van der Waals surface area contributed by atoms with E-state index in [1.165, 1.54) is 4.90 Å². The van der Waals surface area contributed by atoms with Gasteiger partial charge in [0.25, 0.3) is 5.91 Å². The van der Waals surface area contributed by atoms with Gasteiger partial charge >= 0.3 is 5.97 Å². The van der Waals surface area contributed by atoms with Gasteiger partial charge in [-0.3, -0.25) is 4.79 Å². The number of anilines is 1. The van der Waals surface area contributed by atoms with E-state index < -0.39 is 11.6 Å². The highest BCUT2D eigenvalue weighted by molar-refractivity contribution is 6.31. The molecule has 0 radical (unpaired) electrons. The van der Waals surface area contributed by atoms with E-state index in [2.05, 4.69) is 0 Å². The number of benzene rings is 2. The molecule has 21 heavy (non-hydrogen) atoms. The molecule has 2 aliphatic heterocycles. The van der Waals surface area contributed by atoms with Crippen LogP contribution in [-0.4, -0.2) is 18.9 Å². The molecule has 2 aliphatic rings. The number of hydrogen-bond donors (Lipinski definition) is 0. The summed E-state index contributed by atoms with van der Waals surface area (Å²) in [5.41, 5.74) is 0.914. The summed E-state index contributed by atoms with van der Waals surface area (Å²) in [6, 6.07) is 12.1. The van der Waals surface area contributed by atoms with Gasteiger partial charge in [-0.05, 0) is 24.3 Å². The quantitative estimate of drug-likeness (QED) is 0.703. The van der Waals surface area contributed by atoms with Gasteiger partial charge in [0.15, 0.2) is 0 Å². The van der Waals surface area contributed by atoms with E-state index in [1.807, 2.05) is 0 Å². The first-order chi connectivity index (χ1) is 10.1. The Morgan fingerprint density at radius 3 is 2.67 bits per heavy atom. The Kier molecular flexibility index (Phi) is 2.28. The number of likely N-dealkylation sites (N-methyl/N-ethyl adjacent to an activating group) is 1. The van der Waals surface area contributed by atoms with Crippen LogP contribution < -0.4 is 4.90 Å². The minimum Gasteiger partial charge on any atom is -0.435 e. The summed E-state index contributed by atoms with van der Waals surface area (Å²) in [5.74, 6) is -0.766. The van der Waals surface area contributed by atoms with E-state index in [4.69, 9.17) is 16.3 Å². The number of fused-ring (bicyclic) bond motifs is 4. The highest BCUT2D eigenvalue weighted by Gasteiger charge is 2.59. The predicted molar refractivity (Wildman–Crippen MR) is 77.5 cm³/mol. The van der Waals surface area contributed by atoms with Crippen LogP contribution in [0.2, 0.25) is 5.02 Å². The lowest BCUT2D eigenvalue weighted by molar-refractivity contribution is -0.131. The third-order valence-electron chi connectivity index (χ3n) is 4.08. The van der Waals surface area contributed by atoms with Crippen molar-refractivity contribution in [3.05, 3.63) is 64.2 Å². The summed E-state index contributed by atoms with van der Waals surface area (Å²) in [6.07, 6.45) is 0. The van der Waals surface area contributed by atoms with Crippen LogP contribution in [0.4, 0.5) is 5.69 Å². The Hall–Kier alpha value is -2.33. The molecule has 2 aromatic carbocycles. The van der Waals surface area contributed by atoms with Gasteiger partial charge in [0.1, 0.15) is 0 Å². The molecule has 0 bridgehead atoms. The molecule has 0 fully saturated rings. The third-order valence-corrected chi connectivity index (χ3v) is 4.31. The maximum Gasteiger partial charge on any atom is 0.340 e. The molecule has 2 aromatic rings. The number of esters is 1. The first kappa shape index (κ1) is 12.4. The standard InChI is InChI=1S/C16H10ClNO3/c1-18-13-7-6-9(17)8-12(13)16(15(18)20)11-5-3-2-4-10(11)14(19)21-16/h2-8H,1H3. The Balaban J connectivity index is 2.09. The second kappa shape index (κ2) is 3.86. The lowest BCUT2D eigenvalue weighted by atomic mass is 9.87. The first-order valence-electron chi connectivity index (χ1n) is 6.47. The van der Waals surface area contributed by atoms with Crippen LogP contribution in [0, 0.1) is 0 Å². The van der Waals surface area contributed by atoms with Gasteiger partial charge in [-0.1, -0.05) is 29.8 Å². The van der Waals surface area contributed by atoms with Gasteiger partial charge in [0.05, 0.1) is 11.3 Å². The van der Waals surface area contributed by atoms with Crippen molar-refractivity contribution in [3.8, 4) is 0 Å². The Labute approximate surface area is 125 Å². The molecule has 1 unspecified atom stereocenters. The second-order valence-electron chi connectivity index (χ2n) is 5.14. The number of hydrogen-bond acceptors (Lipinski definition) is 3. The van der Waals surface area contributed by atoms with Crippen molar-refractivity contribution in [2.24, 2.45) is 0 Å². The van der Waals surface area contributed by atoms with Gasteiger partial charge < -0.3 is 9.64 Å². The largest absolute Gasteiger partial charge is 0.435 e. The van der Waals surface area contributed by atoms with Crippen LogP contribution in [0.5, 0.6) is 0 Å². The van der Waals surface area contributed by atoms with E-state index in [1.54, 1.807) is 49.5 Å². The normalized spacial score (nSPS) is 22.5. The maximum atomic E-state index is 12.8. The van der Waals surface area contributed by atoms with Crippen molar-refractivity contribution in [3.63, 3.8) is 0 Å². The summed E-state index contributed by atoms with van der Waals surface area (Å²) in [4.78, 5) is 26.5. The van der Waals surface area contributed by atoms with Gasteiger partial charge in [0.2, 0.25) is 5.60 Å². The lowest BCUT2D eigenvalue weighted by Crippen LogP contribution is -2.39. The molecule has 1 spiro atoms. The second-order valence-corrected chi connectivity index (χ2v) is 5.58. The summed E-state index contributed by atoms with van der Waals surface area (Å²) in [5, 5.41) is 0.497. The van der Waals surface area contributed by atoms with Gasteiger partial charge in [0, 0.05) is 23.2 Å². The molecule has 1 amide bonds. The van der Waals surface area contributed by atoms with E-state index >= 15 is 0 Å². The zero-order chi connectivity index (χ0) is 14.8. The van der Waals surface area contributed by atoms with Gasteiger partial charge in [-0.15, -0.1) is 0 Å². The van der Waals surface area contributed by atoms with Crippen LogP contribution in [-0.2, 0) is 15.1 Å². The van der Waals surface area contributed by atoms with Crippen LogP contribution in [0.3, 0.4) is 0 Å². The molecule has 104 valence electrons. The Morgan fingerprint density at radius 2 is 1.86 bits per heavy atom.